The Kier molecular flexibility index (Phi) is 18.0. The number of benzene rings is 3. The van der Waals surface area contributed by atoms with Crippen molar-refractivity contribution in [1.82, 2.24) is 51.8 Å². The van der Waals surface area contributed by atoms with E-state index in [0.29, 0.717) is 36.2 Å². The molecule has 20 nitrogen and oxygen atoms in total. The van der Waals surface area contributed by atoms with Crippen molar-refractivity contribution >= 4 is 63.2 Å². The summed E-state index contributed by atoms with van der Waals surface area (Å²) in [5, 5.41) is 18.2. The summed E-state index contributed by atoms with van der Waals surface area (Å²) in [6.07, 6.45) is 6.04. The Bertz CT molecular complexity index is 2750. The number of unbranched alkanes of at least 4 members (excludes halogenated alkanes) is 1. The highest BCUT2D eigenvalue weighted by molar-refractivity contribution is 5.98. The molecule has 15 N–H and O–H groups in total. The minimum atomic E-state index is -1.30. The molecule has 0 aliphatic carbocycles. The molecule has 0 saturated carbocycles. The van der Waals surface area contributed by atoms with Crippen LogP contribution in [-0.4, -0.2) is 110 Å². The van der Waals surface area contributed by atoms with Gasteiger partial charge in [-0.3, -0.25) is 33.6 Å². The molecule has 0 unspecified atom stereocenters. The molecule has 0 bridgehead atoms. The van der Waals surface area contributed by atoms with Crippen molar-refractivity contribution < 1.29 is 33.6 Å². The minimum absolute atomic E-state index is 0.00216. The van der Waals surface area contributed by atoms with Crippen LogP contribution < -0.4 is 49.1 Å². The van der Waals surface area contributed by atoms with Crippen LogP contribution in [0.2, 0.25) is 0 Å². The molecule has 3 aromatic heterocycles. The van der Waals surface area contributed by atoms with E-state index in [-0.39, 0.29) is 32.1 Å². The van der Waals surface area contributed by atoms with Gasteiger partial charge in [-0.2, -0.15) is 0 Å². The van der Waals surface area contributed by atoms with Gasteiger partial charge < -0.3 is 64.1 Å². The van der Waals surface area contributed by atoms with Gasteiger partial charge in [0, 0.05) is 71.3 Å². The van der Waals surface area contributed by atoms with Crippen LogP contribution in [0.4, 0.5) is 0 Å². The average Bonchev–Trinajstić information content (AvgIpc) is 4.09. The fraction of sp³-hybridized carbons (Fsp3) is 0.360. The minimum Gasteiger partial charge on any atom is -0.368 e. The van der Waals surface area contributed by atoms with Crippen LogP contribution in [0.3, 0.4) is 0 Å². The van der Waals surface area contributed by atoms with Crippen molar-refractivity contribution in [2.45, 2.75) is 108 Å². The lowest BCUT2D eigenvalue weighted by atomic mass is 10.0. The lowest BCUT2D eigenvalue weighted by Gasteiger charge is -2.27. The van der Waals surface area contributed by atoms with E-state index >= 15 is 0 Å². The molecule has 0 radical (unpaired) electrons. The van der Waals surface area contributed by atoms with Crippen LogP contribution in [0, 0.1) is 6.92 Å². The summed E-state index contributed by atoms with van der Waals surface area (Å²) in [6.45, 7) is 5.15. The molecule has 0 spiro atoms. The summed E-state index contributed by atoms with van der Waals surface area (Å²) < 4.78 is 0. The number of hydrogen-bond donors (Lipinski definition) is 12. The Morgan fingerprint density at radius 2 is 1.16 bits per heavy atom. The number of aromatic nitrogens is 4. The van der Waals surface area contributed by atoms with Crippen molar-refractivity contribution in [3.63, 3.8) is 0 Å². The van der Waals surface area contributed by atoms with E-state index in [9.17, 15) is 33.6 Å². The Hall–Kier alpha value is -7.84. The second-order valence-electron chi connectivity index (χ2n) is 17.5. The summed E-state index contributed by atoms with van der Waals surface area (Å²) >= 11 is 0. The third-order valence-electron chi connectivity index (χ3n) is 12.1. The van der Waals surface area contributed by atoms with Crippen molar-refractivity contribution in [2.75, 3.05) is 6.54 Å². The SMILES string of the molecule is Cc1[nH]c2ccccc2c1C[C@@H](NC(=O)[C@H](Cc1cnc[nH]1)NC(=O)[C@H](C)N)C(=O)N[C@@H](C)C(=O)N[C@@H](Cc1c[nH]c2ccccc12)C(=O)N[C@H](Cc1ccccc1)C(=O)N[C@@H](CCCCN)C(N)=O. The lowest BCUT2D eigenvalue weighted by Crippen LogP contribution is -2.60. The number of para-hydroxylation sites is 2. The highest BCUT2D eigenvalue weighted by atomic mass is 16.2. The fourth-order valence-corrected chi connectivity index (χ4v) is 8.20. The molecule has 20 heteroatoms. The van der Waals surface area contributed by atoms with Crippen molar-refractivity contribution in [3.05, 3.63) is 126 Å². The molecule has 3 heterocycles. The number of hydrogen-bond acceptors (Lipinski definition) is 10. The second kappa shape index (κ2) is 24.4. The Balaban J connectivity index is 1.26. The number of aromatic amines is 3. The van der Waals surface area contributed by atoms with Gasteiger partial charge in [0.15, 0.2) is 0 Å². The van der Waals surface area contributed by atoms with Crippen LogP contribution in [0.5, 0.6) is 0 Å². The first-order valence-electron chi connectivity index (χ1n) is 23.3. The van der Waals surface area contributed by atoms with Gasteiger partial charge in [-0.1, -0.05) is 66.7 Å². The molecule has 0 fully saturated rings. The maximum atomic E-state index is 14.6. The Labute approximate surface area is 404 Å². The highest BCUT2D eigenvalue weighted by Gasteiger charge is 2.34. The smallest absolute Gasteiger partial charge is 0.243 e. The van der Waals surface area contributed by atoms with E-state index in [1.165, 1.54) is 26.4 Å². The van der Waals surface area contributed by atoms with Crippen LogP contribution >= 0.6 is 0 Å². The van der Waals surface area contributed by atoms with Crippen molar-refractivity contribution in [1.29, 1.82) is 0 Å². The maximum Gasteiger partial charge on any atom is 0.243 e. The Morgan fingerprint density at radius 1 is 0.600 bits per heavy atom. The van der Waals surface area contributed by atoms with Crippen molar-refractivity contribution in [2.24, 2.45) is 17.2 Å². The number of rotatable bonds is 25. The maximum absolute atomic E-state index is 14.6. The zero-order chi connectivity index (χ0) is 50.3. The molecule has 6 rings (SSSR count). The van der Waals surface area contributed by atoms with Crippen LogP contribution in [0.15, 0.2) is 97.6 Å². The predicted molar refractivity (Wildman–Crippen MR) is 264 cm³/mol. The summed E-state index contributed by atoms with van der Waals surface area (Å²) in [6, 6.07) is 15.7. The first-order chi connectivity index (χ1) is 33.6. The van der Waals surface area contributed by atoms with E-state index in [0.717, 1.165) is 33.1 Å². The molecule has 7 amide bonds. The zero-order valence-electron chi connectivity index (χ0n) is 39.5. The first-order valence-corrected chi connectivity index (χ1v) is 23.3. The molecule has 70 heavy (non-hydrogen) atoms. The van der Waals surface area contributed by atoms with Crippen LogP contribution in [0.1, 0.15) is 61.2 Å². The molecular formula is C50H63N13O7. The van der Waals surface area contributed by atoms with E-state index in [2.05, 4.69) is 51.8 Å². The molecule has 0 aliphatic heterocycles. The van der Waals surface area contributed by atoms with Gasteiger partial charge in [-0.25, -0.2) is 4.98 Å². The standard InChI is InChI=1S/C50H63N13O7/c1-28(52)45(65)60-42(23-33-26-54-27-56-33)50(70)63-43(24-36-29(2)57-38-18-10-8-16-35(36)38)47(67)58-30(3)46(66)61-41(22-32-25-55-37-17-9-7-15-34(32)37)49(69)62-40(21-31-13-5-4-6-14-31)48(68)59-39(44(53)64)19-11-12-20-51/h4-10,13-18,25-28,30,39-43,55,57H,11-12,19-24,51-52H2,1-3H3,(H2,53,64)(H,54,56)(H,58,67)(H,59,68)(H,60,65)(H,61,66)(H,62,69)(H,63,70)/t28-,30-,39-,40+,41-,42-,43+/m0/s1. The zero-order valence-corrected chi connectivity index (χ0v) is 39.5. The third-order valence-corrected chi connectivity index (χ3v) is 12.1. The normalized spacial score (nSPS) is 14.3. The van der Waals surface area contributed by atoms with Gasteiger partial charge in [0.25, 0.3) is 0 Å². The number of aryl methyl sites for hydroxylation is 1. The first kappa shape index (κ1) is 51.5. The number of H-pyrrole nitrogens is 3. The second-order valence-corrected chi connectivity index (χ2v) is 17.5. The molecule has 370 valence electrons. The average molecular weight is 958 g/mol. The number of nitrogens with one attached hydrogen (secondary N) is 9. The van der Waals surface area contributed by atoms with E-state index in [1.54, 1.807) is 30.5 Å². The van der Waals surface area contributed by atoms with Crippen molar-refractivity contribution in [3.8, 4) is 0 Å². The van der Waals surface area contributed by atoms with E-state index in [4.69, 9.17) is 17.2 Å². The van der Waals surface area contributed by atoms with Gasteiger partial charge in [0.05, 0.1) is 12.4 Å². The number of imidazole rings is 1. The molecule has 0 saturated heterocycles. The number of nitrogens with two attached hydrogens (primary N) is 3. The topological polar surface area (TPSA) is 330 Å². The predicted octanol–water partition coefficient (Wildman–Crippen LogP) is 0.842. The molecule has 7 atom stereocenters. The van der Waals surface area contributed by atoms with Crippen LogP contribution in [0.25, 0.3) is 21.8 Å². The number of amides is 7. The highest BCUT2D eigenvalue weighted by Crippen LogP contribution is 2.24. The van der Waals surface area contributed by atoms with E-state index in [1.807, 2.05) is 61.5 Å². The van der Waals surface area contributed by atoms with Gasteiger partial charge in [-0.05, 0) is 75.4 Å². The largest absolute Gasteiger partial charge is 0.368 e. The van der Waals surface area contributed by atoms with Gasteiger partial charge >= 0.3 is 0 Å². The summed E-state index contributed by atoms with van der Waals surface area (Å²) in [4.78, 5) is 110. The Morgan fingerprint density at radius 3 is 1.80 bits per heavy atom. The molecule has 0 aliphatic rings. The fourth-order valence-electron chi connectivity index (χ4n) is 8.20. The van der Waals surface area contributed by atoms with Crippen LogP contribution in [-0.2, 0) is 59.2 Å². The monoisotopic (exact) mass is 957 g/mol. The number of fused-ring (bicyclic) bond motifs is 2. The lowest BCUT2D eigenvalue weighted by molar-refractivity contribution is -0.135. The summed E-state index contributed by atoms with van der Waals surface area (Å²) in [5.74, 6) is -4.88. The van der Waals surface area contributed by atoms with Gasteiger partial charge in [0.1, 0.15) is 36.3 Å². The number of carbonyl (C=O) groups excluding carboxylic acids is 7. The summed E-state index contributed by atoms with van der Waals surface area (Å²) in [5.41, 5.74) is 22.2. The number of primary amides is 1. The molecule has 6 aromatic rings. The quantitative estimate of drug-likeness (QED) is 0.0359. The molecule has 3 aromatic carbocycles. The third kappa shape index (κ3) is 13.9. The van der Waals surface area contributed by atoms with Gasteiger partial charge in [0.2, 0.25) is 41.4 Å². The number of carbonyl (C=O) groups is 7. The van der Waals surface area contributed by atoms with Gasteiger partial charge in [-0.15, -0.1) is 0 Å². The number of nitrogens with zero attached hydrogens (tertiary/aromatic N) is 1. The molecular weight excluding hydrogens is 895 g/mol. The summed E-state index contributed by atoms with van der Waals surface area (Å²) in [7, 11) is 0. The van der Waals surface area contributed by atoms with E-state index < -0.39 is 83.6 Å².